The number of aryl methyl sites for hydroxylation is 1. The quantitative estimate of drug-likeness (QED) is 0.781. The minimum absolute atomic E-state index is 0.0679. The van der Waals surface area contributed by atoms with E-state index in [9.17, 15) is 4.79 Å². The molecule has 1 aromatic heterocycles. The molecule has 1 aromatic rings. The van der Waals surface area contributed by atoms with E-state index in [1.165, 1.54) is 6.20 Å². The van der Waals surface area contributed by atoms with Crippen LogP contribution in [0.4, 0.5) is 0 Å². The molecule has 0 aromatic carbocycles. The number of hydrogen-bond acceptors (Lipinski definition) is 3. The van der Waals surface area contributed by atoms with Crippen molar-refractivity contribution in [1.82, 2.24) is 9.97 Å². The zero-order chi connectivity index (χ0) is 10.6. The molecule has 0 saturated carbocycles. The van der Waals surface area contributed by atoms with Gasteiger partial charge in [-0.15, -0.1) is 0 Å². The van der Waals surface area contributed by atoms with Gasteiger partial charge in [0.1, 0.15) is 17.5 Å². The van der Waals surface area contributed by atoms with Gasteiger partial charge in [0.15, 0.2) is 0 Å². The van der Waals surface area contributed by atoms with Gasteiger partial charge < -0.3 is 4.98 Å². The summed E-state index contributed by atoms with van der Waals surface area (Å²) in [6.45, 7) is 4.23. The lowest BCUT2D eigenvalue weighted by Gasteiger charge is -2.02. The van der Waals surface area contributed by atoms with Crippen LogP contribution in [0.2, 0.25) is 0 Å². The number of aromatic nitrogens is 2. The Hall–Kier alpha value is -1.63. The Kier molecular flexibility index (Phi) is 3.41. The van der Waals surface area contributed by atoms with Gasteiger partial charge in [-0.1, -0.05) is 13.8 Å². The highest BCUT2D eigenvalue weighted by atomic mass is 16.1. The third-order valence-electron chi connectivity index (χ3n) is 1.93. The van der Waals surface area contributed by atoms with Crippen LogP contribution >= 0.6 is 0 Å². The summed E-state index contributed by atoms with van der Waals surface area (Å²) in [6.07, 6.45) is 3.06. The van der Waals surface area contributed by atoms with Crippen molar-refractivity contribution in [3.63, 3.8) is 0 Å². The molecule has 0 unspecified atom stereocenters. The van der Waals surface area contributed by atoms with Gasteiger partial charge in [-0.3, -0.25) is 4.79 Å². The van der Waals surface area contributed by atoms with Crippen molar-refractivity contribution < 1.29 is 0 Å². The van der Waals surface area contributed by atoms with Crippen LogP contribution in [0, 0.1) is 17.2 Å². The molecule has 0 radical (unpaired) electrons. The maximum Gasteiger partial charge on any atom is 0.268 e. The van der Waals surface area contributed by atoms with Crippen LogP contribution in [0.15, 0.2) is 11.0 Å². The Balaban J connectivity index is 2.78. The molecule has 74 valence electrons. The third-order valence-corrected chi connectivity index (χ3v) is 1.93. The molecule has 0 bridgehead atoms. The van der Waals surface area contributed by atoms with Crippen molar-refractivity contribution in [1.29, 1.82) is 5.26 Å². The van der Waals surface area contributed by atoms with Gasteiger partial charge in [0.2, 0.25) is 0 Å². The first kappa shape index (κ1) is 10.5. The molecule has 0 aliphatic rings. The zero-order valence-electron chi connectivity index (χ0n) is 8.37. The largest absolute Gasteiger partial charge is 0.309 e. The van der Waals surface area contributed by atoms with Crippen LogP contribution in [0.3, 0.4) is 0 Å². The molecule has 0 aliphatic heterocycles. The van der Waals surface area contributed by atoms with E-state index >= 15 is 0 Å². The highest BCUT2D eigenvalue weighted by Gasteiger charge is 2.02. The predicted octanol–water partition coefficient (Wildman–Crippen LogP) is 1.23. The second-order valence-corrected chi connectivity index (χ2v) is 3.62. The van der Waals surface area contributed by atoms with Gasteiger partial charge in [0.05, 0.1) is 6.20 Å². The van der Waals surface area contributed by atoms with Gasteiger partial charge in [-0.05, 0) is 12.3 Å². The number of nitrogens with one attached hydrogen (secondary N) is 1. The van der Waals surface area contributed by atoms with Gasteiger partial charge in [0, 0.05) is 6.42 Å². The number of hydrogen-bond donors (Lipinski definition) is 1. The number of nitrogens with zero attached hydrogens (tertiary/aromatic N) is 2. The lowest BCUT2D eigenvalue weighted by molar-refractivity contribution is 0.573. The topological polar surface area (TPSA) is 69.5 Å². The summed E-state index contributed by atoms with van der Waals surface area (Å²) in [7, 11) is 0. The van der Waals surface area contributed by atoms with E-state index in [2.05, 4.69) is 23.8 Å². The summed E-state index contributed by atoms with van der Waals surface area (Å²) in [5, 5.41) is 8.52. The number of H-pyrrole nitrogens is 1. The molecule has 4 heteroatoms. The van der Waals surface area contributed by atoms with Crippen LogP contribution in [-0.4, -0.2) is 9.97 Å². The van der Waals surface area contributed by atoms with Crippen molar-refractivity contribution in [2.24, 2.45) is 5.92 Å². The Morgan fingerprint density at radius 3 is 2.86 bits per heavy atom. The Labute approximate surface area is 82.6 Å². The first-order valence-electron chi connectivity index (χ1n) is 4.61. The normalized spacial score (nSPS) is 10.1. The van der Waals surface area contributed by atoms with E-state index in [0.717, 1.165) is 12.8 Å². The maximum absolute atomic E-state index is 11.2. The highest BCUT2D eigenvalue weighted by molar-refractivity contribution is 5.21. The molecule has 14 heavy (non-hydrogen) atoms. The molecule has 0 fully saturated rings. The Morgan fingerprint density at radius 1 is 1.64 bits per heavy atom. The predicted molar refractivity (Wildman–Crippen MR) is 52.7 cm³/mol. The third kappa shape index (κ3) is 2.70. The minimum Gasteiger partial charge on any atom is -0.309 e. The summed E-state index contributed by atoms with van der Waals surface area (Å²) < 4.78 is 0. The van der Waals surface area contributed by atoms with Crippen molar-refractivity contribution in [3.8, 4) is 6.07 Å². The van der Waals surface area contributed by atoms with E-state index in [1.54, 1.807) is 6.07 Å². The van der Waals surface area contributed by atoms with Crippen molar-refractivity contribution in [2.75, 3.05) is 0 Å². The molecule has 0 spiro atoms. The van der Waals surface area contributed by atoms with Gasteiger partial charge in [-0.25, -0.2) is 4.98 Å². The van der Waals surface area contributed by atoms with Crippen LogP contribution in [0.5, 0.6) is 0 Å². The average Bonchev–Trinajstić information content (AvgIpc) is 2.15. The first-order valence-corrected chi connectivity index (χ1v) is 4.61. The molecule has 1 heterocycles. The molecule has 0 amide bonds. The minimum atomic E-state index is -0.346. The molecule has 0 saturated heterocycles. The fourth-order valence-corrected chi connectivity index (χ4v) is 1.06. The zero-order valence-corrected chi connectivity index (χ0v) is 8.37. The number of rotatable bonds is 3. The molecule has 1 rings (SSSR count). The number of aromatic amines is 1. The first-order chi connectivity index (χ1) is 6.63. The van der Waals surface area contributed by atoms with Crippen molar-refractivity contribution >= 4 is 0 Å². The van der Waals surface area contributed by atoms with Gasteiger partial charge in [-0.2, -0.15) is 5.26 Å². The van der Waals surface area contributed by atoms with Crippen molar-refractivity contribution in [3.05, 3.63) is 27.9 Å². The van der Waals surface area contributed by atoms with Crippen molar-refractivity contribution in [2.45, 2.75) is 26.7 Å². The summed E-state index contributed by atoms with van der Waals surface area (Å²) in [5.74, 6) is 1.23. The monoisotopic (exact) mass is 191 g/mol. The van der Waals surface area contributed by atoms with Crippen LogP contribution in [0.1, 0.15) is 31.7 Å². The number of nitriles is 1. The standard InChI is InChI=1S/C10H13N3O/c1-7(2)3-4-9-12-6-8(5-11)10(14)13-9/h6-7H,3-4H2,1-2H3,(H,12,13,14). The Morgan fingerprint density at radius 2 is 2.36 bits per heavy atom. The van der Waals surface area contributed by atoms with E-state index in [0.29, 0.717) is 11.7 Å². The SMILES string of the molecule is CC(C)CCc1ncc(C#N)c(=O)[nH]1. The molecule has 1 N–H and O–H groups in total. The Bertz CT molecular complexity index is 401. The van der Waals surface area contributed by atoms with Gasteiger partial charge >= 0.3 is 0 Å². The van der Waals surface area contributed by atoms with E-state index in [4.69, 9.17) is 5.26 Å². The molecular formula is C10H13N3O. The van der Waals surface area contributed by atoms with E-state index < -0.39 is 0 Å². The average molecular weight is 191 g/mol. The molecule has 4 nitrogen and oxygen atoms in total. The van der Waals surface area contributed by atoms with Crippen LogP contribution < -0.4 is 5.56 Å². The van der Waals surface area contributed by atoms with E-state index in [-0.39, 0.29) is 11.1 Å². The molecule has 0 aliphatic carbocycles. The smallest absolute Gasteiger partial charge is 0.268 e. The highest BCUT2D eigenvalue weighted by Crippen LogP contribution is 2.03. The molecular weight excluding hydrogens is 178 g/mol. The van der Waals surface area contributed by atoms with Gasteiger partial charge in [0.25, 0.3) is 5.56 Å². The summed E-state index contributed by atoms with van der Waals surface area (Å²) in [6, 6.07) is 1.78. The second kappa shape index (κ2) is 4.56. The fraction of sp³-hybridized carbons (Fsp3) is 0.500. The summed E-state index contributed by atoms with van der Waals surface area (Å²) in [4.78, 5) is 17.8. The summed E-state index contributed by atoms with van der Waals surface area (Å²) in [5.41, 5.74) is -0.278. The maximum atomic E-state index is 11.2. The lowest BCUT2D eigenvalue weighted by Crippen LogP contribution is -2.14. The van der Waals surface area contributed by atoms with Crippen LogP contribution in [0.25, 0.3) is 0 Å². The lowest BCUT2D eigenvalue weighted by atomic mass is 10.1. The summed E-state index contributed by atoms with van der Waals surface area (Å²) >= 11 is 0. The van der Waals surface area contributed by atoms with E-state index in [1.807, 2.05) is 0 Å². The second-order valence-electron chi connectivity index (χ2n) is 3.62. The fourth-order valence-electron chi connectivity index (χ4n) is 1.06. The molecule has 0 atom stereocenters. The van der Waals surface area contributed by atoms with Crippen LogP contribution in [-0.2, 0) is 6.42 Å².